The average Bonchev–Trinajstić information content (AvgIpc) is 2.58. The van der Waals surface area contributed by atoms with E-state index in [-0.39, 0.29) is 46.9 Å². The predicted octanol–water partition coefficient (Wildman–Crippen LogP) is 2.82. The van der Waals surface area contributed by atoms with Crippen LogP contribution in [0, 0.1) is 29.1 Å². The second-order valence-corrected chi connectivity index (χ2v) is 8.88. The van der Waals surface area contributed by atoms with E-state index in [0.717, 1.165) is 25.7 Å². The van der Waals surface area contributed by atoms with Gasteiger partial charge in [0.25, 0.3) is 0 Å². The van der Waals surface area contributed by atoms with Crippen molar-refractivity contribution in [3.63, 3.8) is 0 Å². The summed E-state index contributed by atoms with van der Waals surface area (Å²) in [6, 6.07) is 0.118. The number of hydrogen-bond acceptors (Lipinski definition) is 3. The quantitative estimate of drug-likeness (QED) is 0.786. The average molecular weight is 367 g/mol. The maximum absolute atomic E-state index is 12.8. The molecular formula is C21H38N2O3. The van der Waals surface area contributed by atoms with E-state index in [1.165, 1.54) is 0 Å². The van der Waals surface area contributed by atoms with Crippen LogP contribution in [-0.2, 0) is 9.59 Å². The van der Waals surface area contributed by atoms with E-state index in [1.54, 1.807) is 6.92 Å². The number of rotatable bonds is 5. The fraction of sp³-hybridized carbons (Fsp3) is 0.905. The maximum atomic E-state index is 12.8. The van der Waals surface area contributed by atoms with Crippen LogP contribution in [0.15, 0.2) is 0 Å². The third-order valence-corrected chi connectivity index (χ3v) is 7.38. The summed E-state index contributed by atoms with van der Waals surface area (Å²) in [5.41, 5.74) is 0.0995. The van der Waals surface area contributed by atoms with E-state index in [9.17, 15) is 14.7 Å². The molecular weight excluding hydrogens is 328 g/mol. The van der Waals surface area contributed by atoms with Gasteiger partial charge in [0.1, 0.15) is 0 Å². The Hall–Kier alpha value is -1.10. The summed E-state index contributed by atoms with van der Waals surface area (Å²) in [4.78, 5) is 26.3. The largest absolute Gasteiger partial charge is 0.392 e. The second kappa shape index (κ2) is 8.28. The van der Waals surface area contributed by atoms with Crippen LogP contribution >= 0.6 is 0 Å². The number of nitrogens with one attached hydrogen (secondary N) is 1. The first kappa shape index (κ1) is 21.2. The summed E-state index contributed by atoms with van der Waals surface area (Å²) in [5, 5.41) is 14.4. The minimum atomic E-state index is -0.491. The van der Waals surface area contributed by atoms with Crippen molar-refractivity contribution >= 4 is 11.8 Å². The van der Waals surface area contributed by atoms with Crippen molar-refractivity contribution < 1.29 is 14.7 Å². The molecule has 2 aliphatic carbocycles. The molecule has 0 aromatic heterocycles. The molecule has 0 aromatic carbocycles. The molecule has 2 fully saturated rings. The molecule has 26 heavy (non-hydrogen) atoms. The molecule has 5 nitrogen and oxygen atoms in total. The molecule has 0 heterocycles. The lowest BCUT2D eigenvalue weighted by atomic mass is 9.51. The summed E-state index contributed by atoms with van der Waals surface area (Å²) in [6.07, 6.45) is 3.45. The molecule has 2 N–H and O–H groups in total. The van der Waals surface area contributed by atoms with Crippen molar-refractivity contribution in [1.29, 1.82) is 0 Å². The Labute approximate surface area is 158 Å². The molecule has 150 valence electrons. The van der Waals surface area contributed by atoms with Gasteiger partial charge in [-0.3, -0.25) is 9.59 Å². The topological polar surface area (TPSA) is 69.6 Å². The van der Waals surface area contributed by atoms with Crippen molar-refractivity contribution in [2.75, 3.05) is 13.1 Å². The first-order valence-electron chi connectivity index (χ1n) is 10.4. The molecule has 0 bridgehead atoms. The van der Waals surface area contributed by atoms with Crippen molar-refractivity contribution in [3.05, 3.63) is 0 Å². The van der Waals surface area contributed by atoms with Gasteiger partial charge in [-0.2, -0.15) is 0 Å². The van der Waals surface area contributed by atoms with Gasteiger partial charge in [0.15, 0.2) is 0 Å². The van der Waals surface area contributed by atoms with E-state index >= 15 is 0 Å². The number of nitrogens with zero attached hydrogens (tertiary/aromatic N) is 1. The van der Waals surface area contributed by atoms with Gasteiger partial charge in [0, 0.05) is 32.0 Å². The zero-order valence-electron chi connectivity index (χ0n) is 17.4. The number of amides is 2. The zero-order valence-corrected chi connectivity index (χ0v) is 17.4. The molecule has 2 saturated carbocycles. The van der Waals surface area contributed by atoms with Crippen LogP contribution < -0.4 is 5.32 Å². The van der Waals surface area contributed by atoms with Gasteiger partial charge in [-0.25, -0.2) is 0 Å². The van der Waals surface area contributed by atoms with Crippen LogP contribution in [0.3, 0.4) is 0 Å². The number of aliphatic hydroxyl groups excluding tert-OH is 1. The first-order chi connectivity index (χ1) is 12.2. The van der Waals surface area contributed by atoms with Crippen LogP contribution in [0.5, 0.6) is 0 Å². The van der Waals surface area contributed by atoms with E-state index < -0.39 is 6.10 Å². The Balaban J connectivity index is 2.20. The van der Waals surface area contributed by atoms with Crippen molar-refractivity contribution in [3.8, 4) is 0 Å². The zero-order chi connectivity index (χ0) is 19.6. The van der Waals surface area contributed by atoms with Crippen molar-refractivity contribution in [2.45, 2.75) is 79.4 Å². The van der Waals surface area contributed by atoms with Gasteiger partial charge < -0.3 is 15.3 Å². The molecule has 0 aromatic rings. The van der Waals surface area contributed by atoms with Gasteiger partial charge in [0.05, 0.1) is 6.10 Å². The van der Waals surface area contributed by atoms with E-state index in [2.05, 4.69) is 19.2 Å². The third kappa shape index (κ3) is 3.92. The number of hydrogen-bond donors (Lipinski definition) is 2. The lowest BCUT2D eigenvalue weighted by Crippen LogP contribution is -2.58. The smallest absolute Gasteiger partial charge is 0.225 e. The van der Waals surface area contributed by atoms with Crippen LogP contribution in [0.4, 0.5) is 0 Å². The summed E-state index contributed by atoms with van der Waals surface area (Å²) in [5.74, 6) is 0.328. The summed E-state index contributed by atoms with van der Waals surface area (Å²) >= 11 is 0. The van der Waals surface area contributed by atoms with Gasteiger partial charge >= 0.3 is 0 Å². The third-order valence-electron chi connectivity index (χ3n) is 7.38. The molecule has 0 saturated heterocycles. The van der Waals surface area contributed by atoms with Crippen LogP contribution in [0.2, 0.25) is 0 Å². The number of carbonyl (C=O) groups excluding carboxylic acids is 2. The minimum Gasteiger partial charge on any atom is -0.392 e. The fourth-order valence-corrected chi connectivity index (χ4v) is 5.77. The van der Waals surface area contributed by atoms with Gasteiger partial charge in [-0.05, 0) is 62.7 Å². The Morgan fingerprint density at radius 2 is 1.81 bits per heavy atom. The minimum absolute atomic E-state index is 0.000275. The van der Waals surface area contributed by atoms with Crippen molar-refractivity contribution in [2.24, 2.45) is 29.1 Å². The van der Waals surface area contributed by atoms with Gasteiger partial charge in [-0.1, -0.05) is 20.8 Å². The Kier molecular flexibility index (Phi) is 6.75. The molecule has 2 amide bonds. The van der Waals surface area contributed by atoms with Crippen LogP contribution in [0.1, 0.15) is 67.2 Å². The van der Waals surface area contributed by atoms with E-state index in [0.29, 0.717) is 13.1 Å². The summed E-state index contributed by atoms with van der Waals surface area (Å²) in [7, 11) is 0. The van der Waals surface area contributed by atoms with Gasteiger partial charge in [0.2, 0.25) is 11.8 Å². The molecule has 0 radical (unpaired) electrons. The number of carbonyl (C=O) groups is 2. The number of aliphatic hydroxyl groups is 1. The Morgan fingerprint density at radius 1 is 1.23 bits per heavy atom. The molecule has 5 heteroatoms. The van der Waals surface area contributed by atoms with E-state index in [4.69, 9.17) is 0 Å². The summed E-state index contributed by atoms with van der Waals surface area (Å²) in [6.45, 7) is 13.4. The van der Waals surface area contributed by atoms with Crippen LogP contribution in [-0.4, -0.2) is 47.1 Å². The summed E-state index contributed by atoms with van der Waals surface area (Å²) < 4.78 is 0. The second-order valence-electron chi connectivity index (χ2n) is 8.88. The molecule has 2 aliphatic rings. The highest BCUT2D eigenvalue weighted by molar-refractivity contribution is 5.78. The normalized spacial score (nSPS) is 38.2. The lowest BCUT2D eigenvalue weighted by Gasteiger charge is -2.56. The molecule has 0 spiro atoms. The highest BCUT2D eigenvalue weighted by Crippen LogP contribution is 2.55. The highest BCUT2D eigenvalue weighted by atomic mass is 16.3. The van der Waals surface area contributed by atoms with Gasteiger partial charge in [-0.15, -0.1) is 0 Å². The molecule has 1 unspecified atom stereocenters. The SMILES string of the molecule is CCN(CC)C(=O)[C@@H](C)C1CC[C@@]2(C)CC[C@H](NC(C)=O)[C@@H](C)[C@@H]2[C@H]1O. The highest BCUT2D eigenvalue weighted by Gasteiger charge is 2.53. The Morgan fingerprint density at radius 3 is 2.35 bits per heavy atom. The molecule has 7 atom stereocenters. The number of fused-ring (bicyclic) bond motifs is 1. The van der Waals surface area contributed by atoms with Crippen molar-refractivity contribution in [1.82, 2.24) is 10.2 Å². The monoisotopic (exact) mass is 366 g/mol. The first-order valence-corrected chi connectivity index (χ1v) is 10.4. The van der Waals surface area contributed by atoms with E-state index in [1.807, 2.05) is 25.7 Å². The molecule has 2 rings (SSSR count). The Bertz CT molecular complexity index is 519. The lowest BCUT2D eigenvalue weighted by molar-refractivity contribution is -0.150. The predicted molar refractivity (Wildman–Crippen MR) is 103 cm³/mol. The van der Waals surface area contributed by atoms with Crippen LogP contribution in [0.25, 0.3) is 0 Å². The standard InChI is InChI=1S/C21H38N2O3/c1-7-23(8-2)20(26)13(3)16-9-11-21(6)12-10-17(22-15(5)24)14(4)18(21)19(16)25/h13-14,16-19,25H,7-12H2,1-6H3,(H,22,24)/t13-,14+,16?,17-,18+,19-,21-/m0/s1. The maximum Gasteiger partial charge on any atom is 0.225 e. The molecule has 0 aliphatic heterocycles. The fourth-order valence-electron chi connectivity index (χ4n) is 5.77.